The van der Waals surface area contributed by atoms with Crippen LogP contribution in [0.25, 0.3) is 0 Å². The van der Waals surface area contributed by atoms with Gasteiger partial charge in [-0.2, -0.15) is 5.10 Å². The maximum absolute atomic E-state index is 4.50. The van der Waals surface area contributed by atoms with E-state index >= 15 is 0 Å². The van der Waals surface area contributed by atoms with E-state index in [0.717, 1.165) is 24.8 Å². The quantitative estimate of drug-likeness (QED) is 0.786. The molecule has 0 aliphatic heterocycles. The van der Waals surface area contributed by atoms with Crippen LogP contribution in [0.2, 0.25) is 0 Å². The summed E-state index contributed by atoms with van der Waals surface area (Å²) < 4.78 is 2.11. The molecule has 1 N–H and O–H groups in total. The maximum atomic E-state index is 4.50. The Bertz CT molecular complexity index is 324. The van der Waals surface area contributed by atoms with Crippen molar-refractivity contribution in [1.82, 2.24) is 15.1 Å². The lowest BCUT2D eigenvalue weighted by Crippen LogP contribution is -2.22. The molecule has 1 aromatic rings. The third-order valence-electron chi connectivity index (χ3n) is 3.08. The highest BCUT2D eigenvalue weighted by atomic mass is 15.3. The average molecular weight is 193 g/mol. The van der Waals surface area contributed by atoms with Gasteiger partial charge in [-0.05, 0) is 39.2 Å². The lowest BCUT2D eigenvalue weighted by Gasteiger charge is -2.05. The summed E-state index contributed by atoms with van der Waals surface area (Å²) in [4.78, 5) is 0. The van der Waals surface area contributed by atoms with Gasteiger partial charge in [-0.25, -0.2) is 0 Å². The Balaban J connectivity index is 1.90. The van der Waals surface area contributed by atoms with E-state index in [-0.39, 0.29) is 0 Å². The van der Waals surface area contributed by atoms with Crippen molar-refractivity contribution < 1.29 is 0 Å². The van der Waals surface area contributed by atoms with Crippen LogP contribution >= 0.6 is 0 Å². The van der Waals surface area contributed by atoms with Crippen LogP contribution in [-0.4, -0.2) is 22.4 Å². The molecule has 1 aromatic heterocycles. The average Bonchev–Trinajstić information content (AvgIpc) is 2.93. The summed E-state index contributed by atoms with van der Waals surface area (Å²) in [5.41, 5.74) is 3.80. The van der Waals surface area contributed by atoms with Gasteiger partial charge >= 0.3 is 0 Å². The number of rotatable bonds is 4. The van der Waals surface area contributed by atoms with Crippen molar-refractivity contribution in [3.05, 3.63) is 17.0 Å². The zero-order valence-corrected chi connectivity index (χ0v) is 9.30. The van der Waals surface area contributed by atoms with E-state index in [0.29, 0.717) is 0 Å². The van der Waals surface area contributed by atoms with E-state index in [1.165, 1.54) is 24.1 Å². The van der Waals surface area contributed by atoms with Crippen LogP contribution in [0.1, 0.15) is 29.8 Å². The molecule has 3 heteroatoms. The van der Waals surface area contributed by atoms with Gasteiger partial charge in [0.15, 0.2) is 0 Å². The highest BCUT2D eigenvalue weighted by Gasteiger charge is 2.19. The SMILES string of the molecule is Cc1nn(CCNC2CC2)c(C)c1C. The molecule has 2 rings (SSSR count). The van der Waals surface area contributed by atoms with Gasteiger partial charge in [0.2, 0.25) is 0 Å². The lowest BCUT2D eigenvalue weighted by atomic mass is 10.2. The van der Waals surface area contributed by atoms with Gasteiger partial charge in [-0.1, -0.05) is 0 Å². The Labute approximate surface area is 85.5 Å². The van der Waals surface area contributed by atoms with E-state index in [4.69, 9.17) is 0 Å². The van der Waals surface area contributed by atoms with Crippen molar-refractivity contribution in [2.24, 2.45) is 0 Å². The molecule has 3 nitrogen and oxygen atoms in total. The number of aromatic nitrogens is 2. The van der Waals surface area contributed by atoms with Crippen molar-refractivity contribution in [1.29, 1.82) is 0 Å². The Morgan fingerprint density at radius 3 is 2.57 bits per heavy atom. The van der Waals surface area contributed by atoms with Crippen LogP contribution in [0, 0.1) is 20.8 Å². The molecule has 1 fully saturated rings. The second kappa shape index (κ2) is 3.73. The predicted molar refractivity (Wildman–Crippen MR) is 57.5 cm³/mol. The molecule has 0 radical (unpaired) electrons. The molecule has 0 amide bonds. The van der Waals surface area contributed by atoms with Crippen LogP contribution in [0.15, 0.2) is 0 Å². The van der Waals surface area contributed by atoms with Gasteiger partial charge < -0.3 is 5.32 Å². The number of nitrogens with zero attached hydrogens (tertiary/aromatic N) is 2. The Kier molecular flexibility index (Phi) is 2.59. The van der Waals surface area contributed by atoms with Gasteiger partial charge in [0.1, 0.15) is 0 Å². The fourth-order valence-corrected chi connectivity index (χ4v) is 1.67. The third kappa shape index (κ3) is 1.98. The first-order chi connectivity index (χ1) is 6.68. The summed E-state index contributed by atoms with van der Waals surface area (Å²) >= 11 is 0. The summed E-state index contributed by atoms with van der Waals surface area (Å²) in [6.07, 6.45) is 2.71. The fourth-order valence-electron chi connectivity index (χ4n) is 1.67. The lowest BCUT2D eigenvalue weighted by molar-refractivity contribution is 0.541. The molecule has 1 aliphatic carbocycles. The molecule has 78 valence electrons. The molecule has 0 saturated heterocycles. The van der Waals surface area contributed by atoms with Crippen molar-refractivity contribution >= 4 is 0 Å². The summed E-state index contributed by atoms with van der Waals surface area (Å²) in [5, 5.41) is 8.00. The molecule has 0 atom stereocenters. The summed E-state index contributed by atoms with van der Waals surface area (Å²) in [6.45, 7) is 8.41. The monoisotopic (exact) mass is 193 g/mol. The van der Waals surface area contributed by atoms with Crippen LogP contribution in [-0.2, 0) is 6.54 Å². The van der Waals surface area contributed by atoms with E-state index in [9.17, 15) is 0 Å². The minimum atomic E-state index is 0.799. The van der Waals surface area contributed by atoms with Crippen molar-refractivity contribution in [3.8, 4) is 0 Å². The zero-order chi connectivity index (χ0) is 10.1. The highest BCUT2D eigenvalue weighted by molar-refractivity contribution is 5.22. The van der Waals surface area contributed by atoms with E-state index in [2.05, 4.69) is 35.9 Å². The maximum Gasteiger partial charge on any atom is 0.0625 e. The molecule has 0 unspecified atom stereocenters. The van der Waals surface area contributed by atoms with Gasteiger partial charge in [0.05, 0.1) is 12.2 Å². The Morgan fingerprint density at radius 2 is 2.07 bits per heavy atom. The summed E-state index contributed by atoms with van der Waals surface area (Å²) in [6, 6.07) is 0.799. The molecular weight excluding hydrogens is 174 g/mol. The van der Waals surface area contributed by atoms with Crippen LogP contribution in [0.5, 0.6) is 0 Å². The number of hydrogen-bond acceptors (Lipinski definition) is 2. The number of aryl methyl sites for hydroxylation is 1. The topological polar surface area (TPSA) is 29.9 Å². The molecule has 1 heterocycles. The van der Waals surface area contributed by atoms with Crippen molar-refractivity contribution in [2.45, 2.75) is 46.2 Å². The zero-order valence-electron chi connectivity index (χ0n) is 9.30. The standard InChI is InChI=1S/C11H19N3/c1-8-9(2)13-14(10(8)3)7-6-12-11-4-5-11/h11-12H,4-7H2,1-3H3. The van der Waals surface area contributed by atoms with E-state index in [1.807, 2.05) is 0 Å². The smallest absolute Gasteiger partial charge is 0.0625 e. The molecule has 14 heavy (non-hydrogen) atoms. The first kappa shape index (κ1) is 9.71. The minimum absolute atomic E-state index is 0.799. The second-order valence-electron chi connectivity index (χ2n) is 4.25. The molecule has 1 saturated carbocycles. The first-order valence-electron chi connectivity index (χ1n) is 5.42. The molecule has 0 aromatic carbocycles. The highest BCUT2D eigenvalue weighted by Crippen LogP contribution is 2.18. The third-order valence-corrected chi connectivity index (χ3v) is 3.08. The van der Waals surface area contributed by atoms with Crippen LogP contribution < -0.4 is 5.32 Å². The van der Waals surface area contributed by atoms with Gasteiger partial charge in [-0.15, -0.1) is 0 Å². The normalized spacial score (nSPS) is 16.2. The van der Waals surface area contributed by atoms with Gasteiger partial charge in [-0.3, -0.25) is 4.68 Å². The largest absolute Gasteiger partial charge is 0.312 e. The van der Waals surface area contributed by atoms with Crippen molar-refractivity contribution in [3.63, 3.8) is 0 Å². The van der Waals surface area contributed by atoms with Gasteiger partial charge in [0, 0.05) is 18.3 Å². The molecule has 0 bridgehead atoms. The molecule has 1 aliphatic rings. The predicted octanol–water partition coefficient (Wildman–Crippen LogP) is 1.56. The summed E-state index contributed by atoms with van der Waals surface area (Å²) in [7, 11) is 0. The van der Waals surface area contributed by atoms with Crippen LogP contribution in [0.3, 0.4) is 0 Å². The van der Waals surface area contributed by atoms with E-state index in [1.54, 1.807) is 0 Å². The number of nitrogens with one attached hydrogen (secondary N) is 1. The van der Waals surface area contributed by atoms with Crippen LogP contribution in [0.4, 0.5) is 0 Å². The first-order valence-corrected chi connectivity index (χ1v) is 5.42. The molecule has 0 spiro atoms. The Morgan fingerprint density at radius 1 is 1.36 bits per heavy atom. The van der Waals surface area contributed by atoms with Gasteiger partial charge in [0.25, 0.3) is 0 Å². The number of hydrogen-bond donors (Lipinski definition) is 1. The van der Waals surface area contributed by atoms with Crippen molar-refractivity contribution in [2.75, 3.05) is 6.54 Å². The minimum Gasteiger partial charge on any atom is -0.312 e. The Hall–Kier alpha value is -0.830. The summed E-state index contributed by atoms with van der Waals surface area (Å²) in [5.74, 6) is 0. The fraction of sp³-hybridized carbons (Fsp3) is 0.727. The second-order valence-corrected chi connectivity index (χ2v) is 4.25. The molecular formula is C11H19N3. The van der Waals surface area contributed by atoms with E-state index < -0.39 is 0 Å².